The third kappa shape index (κ3) is 2.92. The van der Waals surface area contributed by atoms with Gasteiger partial charge in [0.1, 0.15) is 17.6 Å². The number of benzene rings is 1. The van der Waals surface area contributed by atoms with Crippen LogP contribution in [0.1, 0.15) is 5.69 Å². The molecule has 2 rings (SSSR count). The Morgan fingerprint density at radius 1 is 1.35 bits per heavy atom. The van der Waals surface area contributed by atoms with Crippen molar-refractivity contribution in [2.75, 3.05) is 25.1 Å². The highest BCUT2D eigenvalue weighted by Crippen LogP contribution is 2.30. The normalized spacial score (nSPS) is 10.1. The van der Waals surface area contributed by atoms with Crippen LogP contribution in [0.3, 0.4) is 0 Å². The topological polar surface area (TPSA) is 60.1 Å². The molecule has 0 radical (unpaired) electrons. The van der Waals surface area contributed by atoms with Gasteiger partial charge in [0.25, 0.3) is 0 Å². The second kappa shape index (κ2) is 6.13. The summed E-state index contributed by atoms with van der Waals surface area (Å²) in [5, 5.41) is 18.0. The number of rotatable bonds is 4. The van der Waals surface area contributed by atoms with Crippen LogP contribution in [0.2, 0.25) is 0 Å². The minimum absolute atomic E-state index is 0.0133. The number of halogens is 1. The Balaban J connectivity index is 2.53. The van der Waals surface area contributed by atoms with Crippen LogP contribution in [0.5, 0.6) is 0 Å². The molecule has 0 aliphatic carbocycles. The van der Waals surface area contributed by atoms with Crippen molar-refractivity contribution in [2.45, 2.75) is 0 Å². The van der Waals surface area contributed by atoms with Gasteiger partial charge >= 0.3 is 0 Å². The maximum atomic E-state index is 13.0. The molecule has 1 aromatic heterocycles. The first-order valence-electron chi connectivity index (χ1n) is 6.14. The predicted octanol–water partition coefficient (Wildman–Crippen LogP) is 2.19. The third-order valence-corrected chi connectivity index (χ3v) is 3.00. The highest BCUT2D eigenvalue weighted by Gasteiger charge is 2.11. The van der Waals surface area contributed by atoms with Gasteiger partial charge in [-0.15, -0.1) is 0 Å². The summed E-state index contributed by atoms with van der Waals surface area (Å²) in [6, 6.07) is 9.71. The lowest BCUT2D eigenvalue weighted by Crippen LogP contribution is -2.22. The molecule has 20 heavy (non-hydrogen) atoms. The van der Waals surface area contributed by atoms with E-state index in [1.54, 1.807) is 24.4 Å². The Morgan fingerprint density at radius 3 is 2.65 bits per heavy atom. The Morgan fingerprint density at radius 2 is 2.05 bits per heavy atom. The summed E-state index contributed by atoms with van der Waals surface area (Å²) < 4.78 is 13.0. The van der Waals surface area contributed by atoms with E-state index in [2.05, 4.69) is 4.98 Å². The minimum Gasteiger partial charge on any atom is -0.395 e. The van der Waals surface area contributed by atoms with Crippen molar-refractivity contribution in [1.29, 1.82) is 5.26 Å². The molecule has 0 saturated carbocycles. The van der Waals surface area contributed by atoms with Crippen LogP contribution in [0.15, 0.2) is 36.5 Å². The molecular weight excluding hydrogens is 257 g/mol. The van der Waals surface area contributed by atoms with Gasteiger partial charge in [-0.25, -0.2) is 9.37 Å². The second-order valence-corrected chi connectivity index (χ2v) is 4.35. The smallest absolute Gasteiger partial charge is 0.141 e. The summed E-state index contributed by atoms with van der Waals surface area (Å²) in [7, 11) is 1.83. The number of nitriles is 1. The van der Waals surface area contributed by atoms with Crippen molar-refractivity contribution in [1.82, 2.24) is 4.98 Å². The molecule has 0 spiro atoms. The lowest BCUT2D eigenvalue weighted by molar-refractivity contribution is 0.304. The summed E-state index contributed by atoms with van der Waals surface area (Å²) in [6.07, 6.45) is 1.59. The summed E-state index contributed by atoms with van der Waals surface area (Å²) in [4.78, 5) is 5.89. The molecule has 0 atom stereocenters. The highest BCUT2D eigenvalue weighted by molar-refractivity contribution is 5.78. The summed E-state index contributed by atoms with van der Waals surface area (Å²) in [5.41, 5.74) is 2.66. The average molecular weight is 271 g/mol. The van der Waals surface area contributed by atoms with Crippen molar-refractivity contribution < 1.29 is 9.50 Å². The van der Waals surface area contributed by atoms with Crippen molar-refractivity contribution in [3.63, 3.8) is 0 Å². The van der Waals surface area contributed by atoms with Gasteiger partial charge in [0.2, 0.25) is 0 Å². The van der Waals surface area contributed by atoms with Crippen LogP contribution in [-0.2, 0) is 0 Å². The lowest BCUT2D eigenvalue weighted by atomic mass is 10.0. The zero-order chi connectivity index (χ0) is 14.5. The summed E-state index contributed by atoms with van der Waals surface area (Å²) in [6.45, 7) is 0.459. The maximum absolute atomic E-state index is 13.0. The molecule has 1 N–H and O–H groups in total. The molecule has 4 nitrogen and oxygen atoms in total. The SMILES string of the molecule is CN(CCO)c1cnc(C#N)cc1-c1ccc(F)cc1. The number of aromatic nitrogens is 1. The van der Waals surface area contributed by atoms with E-state index in [1.807, 2.05) is 18.0 Å². The fraction of sp³-hybridized carbons (Fsp3) is 0.200. The van der Waals surface area contributed by atoms with Gasteiger partial charge in [-0.2, -0.15) is 5.26 Å². The molecule has 1 aromatic carbocycles. The quantitative estimate of drug-likeness (QED) is 0.926. The third-order valence-electron chi connectivity index (χ3n) is 3.00. The Bertz CT molecular complexity index is 635. The van der Waals surface area contributed by atoms with Gasteiger partial charge in [-0.1, -0.05) is 12.1 Å². The second-order valence-electron chi connectivity index (χ2n) is 4.35. The first kappa shape index (κ1) is 14.0. The molecule has 0 aliphatic heterocycles. The van der Waals surface area contributed by atoms with Gasteiger partial charge in [0.15, 0.2) is 0 Å². The summed E-state index contributed by atoms with van der Waals surface area (Å²) in [5.74, 6) is -0.312. The van der Waals surface area contributed by atoms with Crippen molar-refractivity contribution >= 4 is 5.69 Å². The van der Waals surface area contributed by atoms with Crippen LogP contribution >= 0.6 is 0 Å². The first-order chi connectivity index (χ1) is 9.65. The highest BCUT2D eigenvalue weighted by atomic mass is 19.1. The molecule has 0 amide bonds. The van der Waals surface area contributed by atoms with E-state index in [-0.39, 0.29) is 12.4 Å². The van der Waals surface area contributed by atoms with Gasteiger partial charge in [0.05, 0.1) is 18.5 Å². The van der Waals surface area contributed by atoms with Gasteiger partial charge in [-0.05, 0) is 23.8 Å². The molecular formula is C15H14FN3O. The lowest BCUT2D eigenvalue weighted by Gasteiger charge is -2.21. The fourth-order valence-electron chi connectivity index (χ4n) is 1.94. The first-order valence-corrected chi connectivity index (χ1v) is 6.14. The number of pyridine rings is 1. The monoisotopic (exact) mass is 271 g/mol. The van der Waals surface area contributed by atoms with E-state index in [1.165, 1.54) is 12.1 Å². The van der Waals surface area contributed by atoms with Crippen molar-refractivity contribution in [3.8, 4) is 17.2 Å². The number of nitrogens with zero attached hydrogens (tertiary/aromatic N) is 3. The predicted molar refractivity (Wildman–Crippen MR) is 74.7 cm³/mol. The number of aliphatic hydroxyl groups excluding tert-OH is 1. The molecule has 0 aliphatic rings. The molecule has 0 saturated heterocycles. The molecule has 1 heterocycles. The van der Waals surface area contributed by atoms with Gasteiger partial charge < -0.3 is 10.0 Å². The largest absolute Gasteiger partial charge is 0.395 e. The fourth-order valence-corrected chi connectivity index (χ4v) is 1.94. The van der Waals surface area contributed by atoms with Gasteiger partial charge in [-0.3, -0.25) is 0 Å². The van der Waals surface area contributed by atoms with Crippen LogP contribution in [0.4, 0.5) is 10.1 Å². The molecule has 0 fully saturated rings. The van der Waals surface area contributed by atoms with Gasteiger partial charge in [0, 0.05) is 19.2 Å². The van der Waals surface area contributed by atoms with E-state index in [4.69, 9.17) is 10.4 Å². The van der Waals surface area contributed by atoms with E-state index < -0.39 is 0 Å². The van der Waals surface area contributed by atoms with E-state index in [0.29, 0.717) is 12.2 Å². The van der Waals surface area contributed by atoms with E-state index in [0.717, 1.165) is 16.8 Å². The molecule has 0 unspecified atom stereocenters. The van der Waals surface area contributed by atoms with Crippen molar-refractivity contribution in [3.05, 3.63) is 48.0 Å². The van der Waals surface area contributed by atoms with Crippen LogP contribution in [-0.4, -0.2) is 30.3 Å². The van der Waals surface area contributed by atoms with E-state index >= 15 is 0 Å². The Kier molecular flexibility index (Phi) is 4.28. The number of aliphatic hydroxyl groups is 1. The average Bonchev–Trinajstić information content (AvgIpc) is 2.47. The summed E-state index contributed by atoms with van der Waals surface area (Å²) >= 11 is 0. The van der Waals surface area contributed by atoms with Crippen LogP contribution < -0.4 is 4.90 Å². The van der Waals surface area contributed by atoms with E-state index in [9.17, 15) is 4.39 Å². The number of anilines is 1. The zero-order valence-electron chi connectivity index (χ0n) is 11.0. The zero-order valence-corrected chi connectivity index (χ0v) is 11.0. The number of hydrogen-bond acceptors (Lipinski definition) is 4. The standard InChI is InChI=1S/C15H14FN3O/c1-19(6-7-20)15-10-18-13(9-17)8-14(15)11-2-4-12(16)5-3-11/h2-5,8,10,20H,6-7H2,1H3. The minimum atomic E-state index is -0.312. The molecule has 2 aromatic rings. The Hall–Kier alpha value is -2.45. The molecule has 5 heteroatoms. The Labute approximate surface area is 116 Å². The van der Waals surface area contributed by atoms with Crippen LogP contribution in [0.25, 0.3) is 11.1 Å². The number of likely N-dealkylation sites (N-methyl/N-ethyl adjacent to an activating group) is 1. The van der Waals surface area contributed by atoms with Crippen molar-refractivity contribution in [2.24, 2.45) is 0 Å². The maximum Gasteiger partial charge on any atom is 0.141 e. The molecule has 102 valence electrons. The van der Waals surface area contributed by atoms with Crippen LogP contribution in [0, 0.1) is 17.1 Å². The molecule has 0 bridgehead atoms. The number of hydrogen-bond donors (Lipinski definition) is 1.